The second kappa shape index (κ2) is 4.30. The zero-order valence-electron chi connectivity index (χ0n) is 6.89. The molecule has 74 valence electrons. The van der Waals surface area contributed by atoms with Crippen LogP contribution in [0.3, 0.4) is 0 Å². The van der Waals surface area contributed by atoms with Crippen molar-refractivity contribution in [3.63, 3.8) is 0 Å². The fourth-order valence-electron chi connectivity index (χ4n) is 0.818. The lowest BCUT2D eigenvalue weighted by atomic mass is 10.2. The van der Waals surface area contributed by atoms with E-state index in [0.29, 0.717) is 0 Å². The molecule has 1 aromatic heterocycles. The Bertz CT molecular complexity index is 334. The summed E-state index contributed by atoms with van der Waals surface area (Å²) in [6.45, 7) is 0. The third-order valence-corrected chi connectivity index (χ3v) is 1.46. The first-order valence-electron chi connectivity index (χ1n) is 3.54. The molecule has 1 heterocycles. The van der Waals surface area contributed by atoms with Crippen molar-refractivity contribution >= 4 is 11.8 Å². The van der Waals surface area contributed by atoms with Gasteiger partial charge in [0.05, 0.1) is 0 Å². The second-order valence-corrected chi connectivity index (χ2v) is 2.31. The highest BCUT2D eigenvalue weighted by Gasteiger charge is 2.09. The van der Waals surface area contributed by atoms with Crippen LogP contribution in [0.5, 0.6) is 0 Å². The summed E-state index contributed by atoms with van der Waals surface area (Å²) in [6.07, 6.45) is 1.20. The van der Waals surface area contributed by atoms with E-state index in [1.807, 2.05) is 0 Å². The molecular weight excluding hydrogens is 190 g/mol. The van der Waals surface area contributed by atoms with Gasteiger partial charge < -0.3 is 0 Å². The minimum atomic E-state index is -0.836. The number of amides is 2. The third kappa shape index (κ3) is 2.03. The normalized spacial score (nSPS) is 9.29. The van der Waals surface area contributed by atoms with Crippen LogP contribution in [-0.2, 0) is 0 Å². The molecule has 0 spiro atoms. The number of hydrogen-bond acceptors (Lipinski definition) is 5. The van der Waals surface area contributed by atoms with Gasteiger partial charge in [0, 0.05) is 11.8 Å². The van der Waals surface area contributed by atoms with E-state index in [0.717, 1.165) is 6.07 Å². The van der Waals surface area contributed by atoms with E-state index in [1.54, 1.807) is 0 Å². The highest BCUT2D eigenvalue weighted by atomic mass is 16.5. The lowest BCUT2D eigenvalue weighted by Gasteiger charge is -2.00. The highest BCUT2D eigenvalue weighted by Crippen LogP contribution is 2.01. The van der Waals surface area contributed by atoms with Gasteiger partial charge >= 0.3 is 0 Å². The average molecular weight is 197 g/mol. The van der Waals surface area contributed by atoms with Crippen LogP contribution in [0.4, 0.5) is 0 Å². The SMILES string of the molecule is O=C(NO)c1ccnc(C(=O)NO)c1. The molecule has 0 atom stereocenters. The molecule has 14 heavy (non-hydrogen) atoms. The van der Waals surface area contributed by atoms with E-state index in [2.05, 4.69) is 4.98 Å². The summed E-state index contributed by atoms with van der Waals surface area (Å²) in [5, 5.41) is 16.6. The molecule has 4 N–H and O–H groups in total. The van der Waals surface area contributed by atoms with Crippen LogP contribution in [0, 0.1) is 0 Å². The van der Waals surface area contributed by atoms with Crippen molar-refractivity contribution in [3.05, 3.63) is 29.6 Å². The van der Waals surface area contributed by atoms with Crippen LogP contribution in [0.1, 0.15) is 20.8 Å². The summed E-state index contributed by atoms with van der Waals surface area (Å²) in [5.41, 5.74) is 2.70. The molecule has 7 nitrogen and oxygen atoms in total. The Labute approximate surface area is 78.3 Å². The number of nitrogens with zero attached hydrogens (tertiary/aromatic N) is 1. The summed E-state index contributed by atoms with van der Waals surface area (Å²) < 4.78 is 0. The molecule has 0 saturated heterocycles. The Hall–Kier alpha value is -1.99. The number of hydrogen-bond donors (Lipinski definition) is 4. The largest absolute Gasteiger partial charge is 0.293 e. The van der Waals surface area contributed by atoms with Gasteiger partial charge in [0.1, 0.15) is 5.69 Å². The van der Waals surface area contributed by atoms with Gasteiger partial charge in [-0.15, -0.1) is 0 Å². The van der Waals surface area contributed by atoms with E-state index in [9.17, 15) is 9.59 Å². The molecular formula is C7H7N3O4. The Balaban J connectivity index is 3.01. The van der Waals surface area contributed by atoms with Crippen LogP contribution >= 0.6 is 0 Å². The molecule has 7 heteroatoms. The van der Waals surface area contributed by atoms with Crippen molar-refractivity contribution < 1.29 is 20.0 Å². The van der Waals surface area contributed by atoms with E-state index in [-0.39, 0.29) is 11.3 Å². The first-order valence-corrected chi connectivity index (χ1v) is 3.54. The molecule has 0 aromatic carbocycles. The first kappa shape index (κ1) is 10.1. The standard InChI is InChI=1S/C7H7N3O4/c11-6(9-13)4-1-2-8-5(3-4)7(12)10-14/h1-3,13-14H,(H,9,11)(H,10,12). The van der Waals surface area contributed by atoms with Gasteiger partial charge in [0.25, 0.3) is 11.8 Å². The van der Waals surface area contributed by atoms with Crippen molar-refractivity contribution in [2.45, 2.75) is 0 Å². The Morgan fingerprint density at radius 2 is 1.86 bits per heavy atom. The summed E-state index contributed by atoms with van der Waals surface area (Å²) in [5.74, 6) is -1.60. The van der Waals surface area contributed by atoms with Crippen LogP contribution in [0.15, 0.2) is 18.3 Å². The molecule has 2 amide bonds. The molecule has 0 fully saturated rings. The quantitative estimate of drug-likeness (QED) is 0.370. The van der Waals surface area contributed by atoms with Crippen LogP contribution in [0.25, 0.3) is 0 Å². The van der Waals surface area contributed by atoms with E-state index in [1.165, 1.54) is 23.2 Å². The third-order valence-electron chi connectivity index (χ3n) is 1.46. The smallest absolute Gasteiger partial charge is 0.288 e. The highest BCUT2D eigenvalue weighted by molar-refractivity contribution is 5.97. The predicted molar refractivity (Wildman–Crippen MR) is 42.7 cm³/mol. The average Bonchev–Trinajstić information content (AvgIpc) is 2.27. The molecule has 0 unspecified atom stereocenters. The van der Waals surface area contributed by atoms with Gasteiger partial charge in [-0.2, -0.15) is 0 Å². The second-order valence-electron chi connectivity index (χ2n) is 2.31. The van der Waals surface area contributed by atoms with Crippen molar-refractivity contribution in [2.75, 3.05) is 0 Å². The fraction of sp³-hybridized carbons (Fsp3) is 0. The zero-order valence-corrected chi connectivity index (χ0v) is 6.89. The van der Waals surface area contributed by atoms with Crippen LogP contribution < -0.4 is 11.0 Å². The first-order chi connectivity index (χ1) is 6.69. The maximum absolute atomic E-state index is 10.9. The molecule has 0 bridgehead atoms. The van der Waals surface area contributed by atoms with Gasteiger partial charge in [0.2, 0.25) is 0 Å². The van der Waals surface area contributed by atoms with Gasteiger partial charge in [0.15, 0.2) is 0 Å². The van der Waals surface area contributed by atoms with Crippen molar-refractivity contribution in [1.29, 1.82) is 0 Å². The lowest BCUT2D eigenvalue weighted by molar-refractivity contribution is 0.0697. The van der Waals surface area contributed by atoms with Gasteiger partial charge in [-0.3, -0.25) is 25.0 Å². The monoisotopic (exact) mass is 197 g/mol. The number of aromatic nitrogens is 1. The minimum absolute atomic E-state index is 0.0566. The van der Waals surface area contributed by atoms with Crippen molar-refractivity contribution in [3.8, 4) is 0 Å². The molecule has 0 radical (unpaired) electrons. The predicted octanol–water partition coefficient (Wildman–Crippen LogP) is -0.680. The maximum Gasteiger partial charge on any atom is 0.293 e. The van der Waals surface area contributed by atoms with Gasteiger partial charge in [-0.05, 0) is 12.1 Å². The number of hydroxylamine groups is 2. The number of nitrogens with one attached hydrogen (secondary N) is 2. The fourth-order valence-corrected chi connectivity index (χ4v) is 0.818. The summed E-state index contributed by atoms with van der Waals surface area (Å²) in [4.78, 5) is 25.3. The molecule has 0 aliphatic heterocycles. The number of carbonyl (C=O) groups is 2. The lowest BCUT2D eigenvalue weighted by Crippen LogP contribution is -2.22. The summed E-state index contributed by atoms with van der Waals surface area (Å²) in [7, 11) is 0. The number of pyridine rings is 1. The van der Waals surface area contributed by atoms with E-state index < -0.39 is 11.8 Å². The van der Waals surface area contributed by atoms with Crippen molar-refractivity contribution in [1.82, 2.24) is 15.9 Å². The van der Waals surface area contributed by atoms with Gasteiger partial charge in [-0.25, -0.2) is 11.0 Å². The molecule has 1 rings (SSSR count). The maximum atomic E-state index is 10.9. The van der Waals surface area contributed by atoms with E-state index >= 15 is 0 Å². The Morgan fingerprint density at radius 3 is 2.43 bits per heavy atom. The minimum Gasteiger partial charge on any atom is -0.288 e. The molecule has 0 aliphatic carbocycles. The van der Waals surface area contributed by atoms with Gasteiger partial charge in [-0.1, -0.05) is 0 Å². The molecule has 1 aromatic rings. The van der Waals surface area contributed by atoms with Crippen molar-refractivity contribution in [2.24, 2.45) is 0 Å². The zero-order chi connectivity index (χ0) is 10.6. The molecule has 0 saturated carbocycles. The summed E-state index contributed by atoms with van der Waals surface area (Å²) >= 11 is 0. The summed E-state index contributed by atoms with van der Waals surface area (Å²) in [6, 6.07) is 2.43. The Kier molecular flexibility index (Phi) is 3.10. The van der Waals surface area contributed by atoms with E-state index in [4.69, 9.17) is 10.4 Å². The number of rotatable bonds is 2. The topological polar surface area (TPSA) is 112 Å². The van der Waals surface area contributed by atoms with Crippen LogP contribution in [-0.4, -0.2) is 27.2 Å². The Morgan fingerprint density at radius 1 is 1.21 bits per heavy atom. The molecule has 0 aliphatic rings. The van der Waals surface area contributed by atoms with Crippen LogP contribution in [0.2, 0.25) is 0 Å². The number of carbonyl (C=O) groups excluding carboxylic acids is 2.